The van der Waals surface area contributed by atoms with Crippen LogP contribution in [0.25, 0.3) is 0 Å². The molecule has 0 fully saturated rings. The Hall–Kier alpha value is -2.38. The number of halogens is 2. The van der Waals surface area contributed by atoms with Crippen molar-refractivity contribution in [2.75, 3.05) is 5.32 Å². The lowest BCUT2D eigenvalue weighted by Crippen LogP contribution is -2.39. The van der Waals surface area contributed by atoms with Crippen LogP contribution in [-0.4, -0.2) is 29.8 Å². The van der Waals surface area contributed by atoms with Crippen molar-refractivity contribution in [3.8, 4) is 5.75 Å². The Morgan fingerprint density at radius 1 is 1.33 bits per heavy atom. The highest BCUT2D eigenvalue weighted by Crippen LogP contribution is 2.25. The fraction of sp³-hybridized carbons (Fsp3) is 0.385. The molecule has 0 spiro atoms. The Morgan fingerprint density at radius 2 is 2.00 bits per heavy atom. The zero-order valence-electron chi connectivity index (χ0n) is 11.3. The van der Waals surface area contributed by atoms with E-state index in [1.807, 2.05) is 0 Å². The number of carbonyl (C=O) groups excluding carboxylic acids is 1. The second-order valence-electron chi connectivity index (χ2n) is 4.18. The second-order valence-corrected chi connectivity index (χ2v) is 4.18. The molecule has 0 radical (unpaired) electrons. The quantitative estimate of drug-likeness (QED) is 0.722. The maximum Gasteiger partial charge on any atom is 0.387 e. The summed E-state index contributed by atoms with van der Waals surface area (Å²) in [5.41, 5.74) is 0.0699. The lowest BCUT2D eigenvalue weighted by atomic mass is 10.1. The zero-order chi connectivity index (χ0) is 15.8. The summed E-state index contributed by atoms with van der Waals surface area (Å²) in [6.07, 6.45) is 0.202. The van der Waals surface area contributed by atoms with Gasteiger partial charge in [-0.1, -0.05) is 19.1 Å². The molecule has 6 nitrogen and oxygen atoms in total. The number of carboxylic acid groups (broad SMARTS) is 1. The van der Waals surface area contributed by atoms with E-state index in [0.717, 1.165) is 0 Å². The van der Waals surface area contributed by atoms with Gasteiger partial charge in [-0.05, 0) is 18.6 Å². The van der Waals surface area contributed by atoms with Gasteiger partial charge in [0.15, 0.2) is 0 Å². The Morgan fingerprint density at radius 3 is 2.57 bits per heavy atom. The molecule has 8 heteroatoms. The minimum Gasteiger partial charge on any atom is -0.481 e. The van der Waals surface area contributed by atoms with Crippen molar-refractivity contribution in [2.24, 2.45) is 0 Å². The Labute approximate surface area is 120 Å². The minimum absolute atomic E-state index is 0.0699. The number of aliphatic carboxylic acids is 1. The van der Waals surface area contributed by atoms with E-state index in [4.69, 9.17) is 5.11 Å². The van der Waals surface area contributed by atoms with Gasteiger partial charge in [0.25, 0.3) is 0 Å². The number of amides is 2. The Bertz CT molecular complexity index is 497. The van der Waals surface area contributed by atoms with Crippen molar-refractivity contribution in [2.45, 2.75) is 32.4 Å². The first-order chi connectivity index (χ1) is 9.92. The average Bonchev–Trinajstić information content (AvgIpc) is 2.39. The maximum atomic E-state index is 12.2. The van der Waals surface area contributed by atoms with Gasteiger partial charge in [0.1, 0.15) is 5.75 Å². The summed E-state index contributed by atoms with van der Waals surface area (Å²) in [5.74, 6) is -1.21. The highest BCUT2D eigenvalue weighted by Gasteiger charge is 2.16. The van der Waals surface area contributed by atoms with Crippen LogP contribution < -0.4 is 15.4 Å². The van der Waals surface area contributed by atoms with Gasteiger partial charge in [-0.15, -0.1) is 0 Å². The normalized spacial score (nSPS) is 11.8. The van der Waals surface area contributed by atoms with E-state index in [2.05, 4.69) is 15.4 Å². The van der Waals surface area contributed by atoms with Gasteiger partial charge in [-0.3, -0.25) is 4.79 Å². The molecule has 0 aliphatic carbocycles. The molecule has 1 rings (SSSR count). The van der Waals surface area contributed by atoms with Crippen molar-refractivity contribution in [1.29, 1.82) is 0 Å². The number of hydrogen-bond acceptors (Lipinski definition) is 3. The third-order valence-corrected chi connectivity index (χ3v) is 2.60. The summed E-state index contributed by atoms with van der Waals surface area (Å²) in [4.78, 5) is 22.4. The molecule has 0 aliphatic rings. The molecule has 0 bridgehead atoms. The van der Waals surface area contributed by atoms with Crippen LogP contribution in [-0.2, 0) is 4.79 Å². The fourth-order valence-electron chi connectivity index (χ4n) is 1.62. The summed E-state index contributed by atoms with van der Waals surface area (Å²) >= 11 is 0. The third-order valence-electron chi connectivity index (χ3n) is 2.60. The fourth-order valence-corrected chi connectivity index (χ4v) is 1.62. The molecule has 1 atom stereocenters. The first-order valence-electron chi connectivity index (χ1n) is 6.25. The van der Waals surface area contributed by atoms with Crippen molar-refractivity contribution in [3.63, 3.8) is 0 Å². The first kappa shape index (κ1) is 16.7. The molecular formula is C13H16F2N2O4. The van der Waals surface area contributed by atoms with Crippen LogP contribution in [0.15, 0.2) is 24.3 Å². The summed E-state index contributed by atoms with van der Waals surface area (Å²) in [6, 6.07) is 4.48. The van der Waals surface area contributed by atoms with Crippen LogP contribution in [0, 0.1) is 0 Å². The van der Waals surface area contributed by atoms with Gasteiger partial charge in [0.05, 0.1) is 12.1 Å². The molecule has 0 aliphatic heterocycles. The van der Waals surface area contributed by atoms with E-state index in [9.17, 15) is 18.4 Å². The number of para-hydroxylation sites is 2. The Balaban J connectivity index is 2.68. The highest BCUT2D eigenvalue weighted by atomic mass is 19.3. The van der Waals surface area contributed by atoms with Crippen molar-refractivity contribution >= 4 is 17.7 Å². The van der Waals surface area contributed by atoms with Crippen LogP contribution in [0.2, 0.25) is 0 Å². The van der Waals surface area contributed by atoms with Crippen molar-refractivity contribution in [1.82, 2.24) is 5.32 Å². The number of carboxylic acids is 1. The molecule has 21 heavy (non-hydrogen) atoms. The molecule has 116 valence electrons. The molecule has 1 aromatic rings. The SMILES string of the molecule is CCC(CC(=O)O)NC(=O)Nc1ccccc1OC(F)F. The second kappa shape index (κ2) is 8.03. The zero-order valence-corrected chi connectivity index (χ0v) is 11.3. The van der Waals surface area contributed by atoms with Crippen LogP contribution >= 0.6 is 0 Å². The van der Waals surface area contributed by atoms with E-state index in [-0.39, 0.29) is 17.9 Å². The van der Waals surface area contributed by atoms with Crippen LogP contribution in [0.5, 0.6) is 5.75 Å². The predicted octanol–water partition coefficient (Wildman–Crippen LogP) is 2.66. The van der Waals surface area contributed by atoms with E-state index >= 15 is 0 Å². The molecule has 1 aromatic carbocycles. The number of rotatable bonds is 7. The number of hydrogen-bond donors (Lipinski definition) is 3. The molecule has 0 saturated carbocycles. The van der Waals surface area contributed by atoms with Gasteiger partial charge < -0.3 is 20.5 Å². The molecule has 0 aromatic heterocycles. The lowest BCUT2D eigenvalue weighted by Gasteiger charge is -2.16. The Kier molecular flexibility index (Phi) is 6.38. The van der Waals surface area contributed by atoms with Gasteiger partial charge in [-0.25, -0.2) is 4.79 Å². The predicted molar refractivity (Wildman–Crippen MR) is 71.6 cm³/mol. The van der Waals surface area contributed by atoms with Gasteiger partial charge in [0.2, 0.25) is 0 Å². The van der Waals surface area contributed by atoms with Gasteiger partial charge in [0, 0.05) is 6.04 Å². The van der Waals surface area contributed by atoms with Crippen LogP contribution in [0.1, 0.15) is 19.8 Å². The number of ether oxygens (including phenoxy) is 1. The van der Waals surface area contributed by atoms with E-state index in [1.54, 1.807) is 13.0 Å². The lowest BCUT2D eigenvalue weighted by molar-refractivity contribution is -0.137. The molecule has 0 heterocycles. The smallest absolute Gasteiger partial charge is 0.387 e. The molecule has 0 saturated heterocycles. The minimum atomic E-state index is -3.01. The first-order valence-corrected chi connectivity index (χ1v) is 6.25. The summed E-state index contributed by atoms with van der Waals surface area (Å²) in [6.45, 7) is -1.28. The summed E-state index contributed by atoms with van der Waals surface area (Å²) < 4.78 is 28.7. The van der Waals surface area contributed by atoms with Gasteiger partial charge >= 0.3 is 18.6 Å². The number of carbonyl (C=O) groups is 2. The average molecular weight is 302 g/mol. The number of alkyl halides is 2. The van der Waals surface area contributed by atoms with Crippen LogP contribution in [0.3, 0.4) is 0 Å². The monoisotopic (exact) mass is 302 g/mol. The van der Waals surface area contributed by atoms with Crippen LogP contribution in [0.4, 0.5) is 19.3 Å². The third kappa shape index (κ3) is 6.07. The molecule has 1 unspecified atom stereocenters. The molecule has 3 N–H and O–H groups in total. The number of benzene rings is 1. The summed E-state index contributed by atoms with van der Waals surface area (Å²) in [7, 11) is 0. The van der Waals surface area contributed by atoms with E-state index in [1.165, 1.54) is 18.2 Å². The summed E-state index contributed by atoms with van der Waals surface area (Å²) in [5, 5.41) is 13.5. The van der Waals surface area contributed by atoms with E-state index < -0.39 is 24.7 Å². The maximum absolute atomic E-state index is 12.2. The highest BCUT2D eigenvalue weighted by molar-refractivity contribution is 5.91. The number of urea groups is 1. The molecular weight excluding hydrogens is 286 g/mol. The van der Waals surface area contributed by atoms with Crippen molar-refractivity contribution < 1.29 is 28.2 Å². The standard InChI is InChI=1S/C13H16F2N2O4/c1-2-8(7-11(18)19)16-13(20)17-9-5-3-4-6-10(9)21-12(14)15/h3-6,8,12H,2,7H2,1H3,(H,18,19)(H2,16,17,20). The van der Waals surface area contributed by atoms with Crippen molar-refractivity contribution in [3.05, 3.63) is 24.3 Å². The largest absolute Gasteiger partial charge is 0.481 e. The topological polar surface area (TPSA) is 87.7 Å². The van der Waals surface area contributed by atoms with E-state index in [0.29, 0.717) is 6.42 Å². The number of nitrogens with one attached hydrogen (secondary N) is 2. The van der Waals surface area contributed by atoms with Gasteiger partial charge in [-0.2, -0.15) is 8.78 Å². The molecule has 2 amide bonds. The number of anilines is 1.